The van der Waals surface area contributed by atoms with E-state index in [1.54, 1.807) is 0 Å². The summed E-state index contributed by atoms with van der Waals surface area (Å²) < 4.78 is 5.28. The van der Waals surface area contributed by atoms with Gasteiger partial charge in [-0.2, -0.15) is 0 Å². The Morgan fingerprint density at radius 2 is 1.71 bits per heavy atom. The Kier molecular flexibility index (Phi) is 4.48. The Morgan fingerprint density at radius 1 is 1.11 bits per heavy atom. The van der Waals surface area contributed by atoms with Gasteiger partial charge in [-0.3, -0.25) is 10.0 Å². The van der Waals surface area contributed by atoms with Gasteiger partial charge in [-0.05, 0) is 64.7 Å². The molecule has 0 unspecified atom stereocenters. The largest absolute Gasteiger partial charge is 0.444 e. The normalized spacial score (nSPS) is 36.6. The fourth-order valence-electron chi connectivity index (χ4n) is 5.20. The lowest BCUT2D eigenvalue weighted by atomic mass is 9.52. The fourth-order valence-corrected chi connectivity index (χ4v) is 5.20. The molecular weight excluding hydrogens is 364 g/mol. The molecule has 2 heterocycles. The second-order valence-corrected chi connectivity index (χ2v) is 9.89. The van der Waals surface area contributed by atoms with Gasteiger partial charge in [0.25, 0.3) is 0 Å². The van der Waals surface area contributed by atoms with Crippen molar-refractivity contribution in [3.05, 3.63) is 0 Å². The number of nitrogens with zero attached hydrogens (tertiary/aromatic N) is 2. The minimum absolute atomic E-state index is 0.121. The lowest BCUT2D eigenvalue weighted by Gasteiger charge is -2.57. The number of fused-ring (bicyclic) bond motifs is 2. The molecule has 0 radical (unpaired) electrons. The van der Waals surface area contributed by atoms with Gasteiger partial charge in [0.1, 0.15) is 11.6 Å². The molecule has 2 saturated carbocycles. The summed E-state index contributed by atoms with van der Waals surface area (Å²) in [6.45, 7) is 5.94. The maximum absolute atomic E-state index is 12.6. The Morgan fingerprint density at radius 3 is 2.32 bits per heavy atom. The minimum Gasteiger partial charge on any atom is -0.444 e. The van der Waals surface area contributed by atoms with Gasteiger partial charge >= 0.3 is 12.1 Å². The summed E-state index contributed by atoms with van der Waals surface area (Å²) in [5.74, 6) is -0.121. The maximum atomic E-state index is 12.6. The third kappa shape index (κ3) is 3.52. The summed E-state index contributed by atoms with van der Waals surface area (Å²) in [5, 5.41) is 16.5. The van der Waals surface area contributed by atoms with Gasteiger partial charge in [0.05, 0.1) is 6.04 Å². The lowest BCUT2D eigenvalue weighted by Crippen LogP contribution is -2.63. The summed E-state index contributed by atoms with van der Waals surface area (Å²) in [7, 11) is 0. The molecular formula is C19H30N4O5. The zero-order chi connectivity index (χ0) is 20.3. The van der Waals surface area contributed by atoms with E-state index in [4.69, 9.17) is 4.74 Å². The number of alkyl carbamates (subject to hydrolysis) is 1. The molecule has 4 fully saturated rings. The third-order valence-electron chi connectivity index (χ3n) is 6.43. The van der Waals surface area contributed by atoms with E-state index >= 15 is 0 Å². The zero-order valence-corrected chi connectivity index (χ0v) is 16.7. The first-order chi connectivity index (χ1) is 13.1. The van der Waals surface area contributed by atoms with Crippen molar-refractivity contribution < 1.29 is 24.3 Å². The number of rotatable bonds is 3. The molecule has 0 aromatic heterocycles. The van der Waals surface area contributed by atoms with E-state index < -0.39 is 17.7 Å². The van der Waals surface area contributed by atoms with Crippen LogP contribution in [0.5, 0.6) is 0 Å². The number of carbonyl (C=O) groups is 3. The number of carbonyl (C=O) groups excluding carboxylic acids is 3. The van der Waals surface area contributed by atoms with Gasteiger partial charge in [0, 0.05) is 18.6 Å². The molecule has 2 aliphatic carbocycles. The van der Waals surface area contributed by atoms with Crippen LogP contribution in [0.4, 0.5) is 9.59 Å². The summed E-state index contributed by atoms with van der Waals surface area (Å²) in [4.78, 5) is 37.9. The molecule has 2 aliphatic heterocycles. The Hall–Kier alpha value is -2.03. The summed E-state index contributed by atoms with van der Waals surface area (Å²) in [6.07, 6.45) is 4.48. The van der Waals surface area contributed by atoms with E-state index in [1.807, 2.05) is 20.8 Å². The number of hydrogen-bond acceptors (Lipinski definition) is 5. The molecule has 2 bridgehead atoms. The van der Waals surface area contributed by atoms with Gasteiger partial charge in [0.2, 0.25) is 5.91 Å². The minimum atomic E-state index is -0.500. The Labute approximate surface area is 164 Å². The second kappa shape index (κ2) is 6.50. The van der Waals surface area contributed by atoms with E-state index in [2.05, 4.69) is 10.6 Å². The van der Waals surface area contributed by atoms with Crippen LogP contribution in [-0.4, -0.2) is 69.5 Å². The predicted octanol–water partition coefficient (Wildman–Crippen LogP) is 1.60. The molecule has 0 aromatic rings. The molecule has 4 amide bonds. The molecule has 9 nitrogen and oxygen atoms in total. The molecule has 1 spiro atoms. The highest BCUT2D eigenvalue weighted by Gasteiger charge is 2.54. The topological polar surface area (TPSA) is 111 Å². The van der Waals surface area contributed by atoms with Crippen molar-refractivity contribution in [2.45, 2.75) is 89.1 Å². The van der Waals surface area contributed by atoms with E-state index in [0.717, 1.165) is 30.7 Å². The van der Waals surface area contributed by atoms with Crippen molar-refractivity contribution in [3.8, 4) is 0 Å². The van der Waals surface area contributed by atoms with Crippen LogP contribution in [0.1, 0.15) is 59.3 Å². The van der Waals surface area contributed by atoms with Gasteiger partial charge < -0.3 is 20.3 Å². The van der Waals surface area contributed by atoms with Crippen molar-refractivity contribution in [2.24, 2.45) is 5.41 Å². The molecule has 0 aromatic carbocycles. The van der Waals surface area contributed by atoms with Crippen molar-refractivity contribution in [2.75, 3.05) is 6.54 Å². The highest BCUT2D eigenvalue weighted by molar-refractivity contribution is 5.88. The van der Waals surface area contributed by atoms with Gasteiger partial charge in [-0.15, -0.1) is 0 Å². The van der Waals surface area contributed by atoms with Crippen molar-refractivity contribution >= 4 is 18.0 Å². The average Bonchev–Trinajstić information content (AvgIpc) is 2.73. The Bertz CT molecular complexity index is 676. The van der Waals surface area contributed by atoms with Crippen molar-refractivity contribution in [3.63, 3.8) is 0 Å². The van der Waals surface area contributed by atoms with Crippen LogP contribution in [0.15, 0.2) is 0 Å². The highest BCUT2D eigenvalue weighted by atomic mass is 16.6. The van der Waals surface area contributed by atoms with Crippen LogP contribution in [-0.2, 0) is 9.53 Å². The van der Waals surface area contributed by atoms with Crippen LogP contribution in [0.3, 0.4) is 0 Å². The maximum Gasteiger partial charge on any atom is 0.407 e. The van der Waals surface area contributed by atoms with E-state index in [0.29, 0.717) is 19.4 Å². The Balaban J connectivity index is 1.19. The number of amides is 4. The summed E-state index contributed by atoms with van der Waals surface area (Å²) in [5.41, 5.74) is -0.291. The SMILES string of the molecule is CC(C)(C)OC(=O)NC1CC2(C1)CC(NC(=O)[C@@H]1CC[C@@H]3CN1C(=O)N3O)C2. The number of ether oxygens (including phenoxy) is 1. The lowest BCUT2D eigenvalue weighted by molar-refractivity contribution is -0.129. The molecule has 28 heavy (non-hydrogen) atoms. The molecule has 3 N–H and O–H groups in total. The number of hydroxylamine groups is 2. The first-order valence-electron chi connectivity index (χ1n) is 10.1. The summed E-state index contributed by atoms with van der Waals surface area (Å²) >= 11 is 0. The van der Waals surface area contributed by atoms with Crippen LogP contribution in [0.2, 0.25) is 0 Å². The van der Waals surface area contributed by atoms with E-state index in [1.165, 1.54) is 4.90 Å². The number of hydrogen-bond donors (Lipinski definition) is 3. The molecule has 2 atom stereocenters. The predicted molar refractivity (Wildman–Crippen MR) is 98.5 cm³/mol. The van der Waals surface area contributed by atoms with Gasteiger partial charge in [-0.1, -0.05) is 0 Å². The monoisotopic (exact) mass is 394 g/mol. The molecule has 9 heteroatoms. The number of nitrogens with one attached hydrogen (secondary N) is 2. The van der Waals surface area contributed by atoms with Crippen molar-refractivity contribution in [1.82, 2.24) is 20.6 Å². The van der Waals surface area contributed by atoms with Crippen LogP contribution in [0, 0.1) is 5.41 Å². The van der Waals surface area contributed by atoms with Crippen LogP contribution < -0.4 is 10.6 Å². The molecule has 4 aliphatic rings. The molecule has 156 valence electrons. The van der Waals surface area contributed by atoms with E-state index in [9.17, 15) is 19.6 Å². The zero-order valence-electron chi connectivity index (χ0n) is 16.7. The standard InChI is InChI=1S/C19H30N4O5/c1-18(2,3)28-16(25)21-12-8-19(9-12)6-11(7-19)20-15(24)14-5-4-13-10-22(14)17(26)23(13)27/h11-14,27H,4-10H2,1-3H3,(H,20,24)(H,21,25)/t11?,12?,13-,14+,19?/m1/s1. The smallest absolute Gasteiger partial charge is 0.407 e. The summed E-state index contributed by atoms with van der Waals surface area (Å²) in [6, 6.07) is -0.883. The second-order valence-electron chi connectivity index (χ2n) is 9.89. The van der Waals surface area contributed by atoms with E-state index in [-0.39, 0.29) is 35.5 Å². The third-order valence-corrected chi connectivity index (χ3v) is 6.43. The molecule has 2 saturated heterocycles. The van der Waals surface area contributed by atoms with Gasteiger partial charge in [0.15, 0.2) is 0 Å². The molecule has 4 rings (SSSR count). The van der Waals surface area contributed by atoms with Crippen LogP contribution >= 0.6 is 0 Å². The number of piperidine rings is 1. The van der Waals surface area contributed by atoms with Gasteiger partial charge in [-0.25, -0.2) is 14.7 Å². The van der Waals surface area contributed by atoms with Crippen LogP contribution in [0.25, 0.3) is 0 Å². The quantitative estimate of drug-likeness (QED) is 0.630. The first kappa shape index (κ1) is 19.3. The first-order valence-corrected chi connectivity index (χ1v) is 10.1. The van der Waals surface area contributed by atoms with Crippen molar-refractivity contribution in [1.29, 1.82) is 0 Å². The average molecular weight is 394 g/mol. The fraction of sp³-hybridized carbons (Fsp3) is 0.842. The highest BCUT2D eigenvalue weighted by Crippen LogP contribution is 2.56. The number of urea groups is 1.